The second-order valence-corrected chi connectivity index (χ2v) is 3.05. The maximum atomic E-state index is 10.7. The molecular formula is C8H8N4O3. The van der Waals surface area contributed by atoms with Gasteiger partial charge < -0.3 is 10.2 Å². The molecule has 0 bridgehead atoms. The van der Waals surface area contributed by atoms with E-state index in [-0.39, 0.29) is 5.69 Å². The van der Waals surface area contributed by atoms with Gasteiger partial charge >= 0.3 is 5.69 Å². The first-order chi connectivity index (χ1) is 7.22. The van der Waals surface area contributed by atoms with Gasteiger partial charge in [-0.1, -0.05) is 0 Å². The average molecular weight is 208 g/mol. The maximum Gasteiger partial charge on any atom is 0.311 e. The number of rotatable bonds is 4. The van der Waals surface area contributed by atoms with Crippen molar-refractivity contribution in [3.8, 4) is 0 Å². The standard InChI is InChI=1S/C8H8N4O3/c13-5-9-7-2-1-6(12(14)15)8(10-7)11-3-4-11/h1-2,5H,3-4H2,(H,9,10,13). The fourth-order valence-electron chi connectivity index (χ4n) is 1.22. The van der Waals surface area contributed by atoms with Crippen LogP contribution in [0.25, 0.3) is 0 Å². The molecular weight excluding hydrogens is 200 g/mol. The first kappa shape index (κ1) is 9.38. The van der Waals surface area contributed by atoms with E-state index in [1.54, 1.807) is 4.90 Å². The van der Waals surface area contributed by atoms with E-state index in [1.165, 1.54) is 12.1 Å². The monoisotopic (exact) mass is 208 g/mol. The number of pyridine rings is 1. The van der Waals surface area contributed by atoms with Gasteiger partial charge in [-0.3, -0.25) is 14.9 Å². The van der Waals surface area contributed by atoms with Crippen LogP contribution in [0.4, 0.5) is 17.3 Å². The van der Waals surface area contributed by atoms with Crippen molar-refractivity contribution >= 4 is 23.7 Å². The van der Waals surface area contributed by atoms with Crippen molar-refractivity contribution in [2.45, 2.75) is 0 Å². The number of aromatic nitrogens is 1. The van der Waals surface area contributed by atoms with Crippen LogP contribution in [0.1, 0.15) is 0 Å². The van der Waals surface area contributed by atoms with Crippen LogP contribution in [-0.2, 0) is 4.79 Å². The van der Waals surface area contributed by atoms with Crippen molar-refractivity contribution in [1.82, 2.24) is 4.98 Å². The molecule has 2 rings (SSSR count). The predicted molar refractivity (Wildman–Crippen MR) is 52.8 cm³/mol. The molecule has 2 heterocycles. The number of amides is 1. The Balaban J connectivity index is 2.39. The Labute approximate surface area is 84.9 Å². The van der Waals surface area contributed by atoms with Crippen LogP contribution < -0.4 is 10.2 Å². The summed E-state index contributed by atoms with van der Waals surface area (Å²) in [6.07, 6.45) is 0.486. The van der Waals surface area contributed by atoms with Crippen LogP contribution in [0.15, 0.2) is 12.1 Å². The highest BCUT2D eigenvalue weighted by molar-refractivity contribution is 5.72. The van der Waals surface area contributed by atoms with Gasteiger partial charge in [0.25, 0.3) is 0 Å². The predicted octanol–water partition coefficient (Wildman–Crippen LogP) is 0.378. The number of carbonyl (C=O) groups excluding carboxylic acids is 1. The summed E-state index contributed by atoms with van der Waals surface area (Å²) in [7, 11) is 0. The number of nitrogens with one attached hydrogen (secondary N) is 1. The summed E-state index contributed by atoms with van der Waals surface area (Å²) in [6.45, 7) is 1.52. The van der Waals surface area contributed by atoms with E-state index in [0.717, 1.165) is 13.1 Å². The number of nitrogens with zero attached hydrogens (tertiary/aromatic N) is 3. The van der Waals surface area contributed by atoms with E-state index < -0.39 is 4.92 Å². The van der Waals surface area contributed by atoms with Gasteiger partial charge in [-0.25, -0.2) is 4.98 Å². The van der Waals surface area contributed by atoms with Gasteiger partial charge in [-0.2, -0.15) is 0 Å². The number of hydrogen-bond donors (Lipinski definition) is 1. The van der Waals surface area contributed by atoms with Crippen LogP contribution in [0, 0.1) is 10.1 Å². The zero-order chi connectivity index (χ0) is 10.8. The third-order valence-electron chi connectivity index (χ3n) is 2.00. The topological polar surface area (TPSA) is 88.1 Å². The third kappa shape index (κ3) is 1.85. The molecule has 1 N–H and O–H groups in total. The smallest absolute Gasteiger partial charge is 0.311 e. The molecule has 1 amide bonds. The molecule has 1 saturated heterocycles. The molecule has 7 nitrogen and oxygen atoms in total. The lowest BCUT2D eigenvalue weighted by atomic mass is 10.3. The highest BCUT2D eigenvalue weighted by Crippen LogP contribution is 2.30. The van der Waals surface area contributed by atoms with Gasteiger partial charge in [-0.05, 0) is 6.07 Å². The van der Waals surface area contributed by atoms with Crippen molar-refractivity contribution in [3.63, 3.8) is 0 Å². The molecule has 7 heteroatoms. The largest absolute Gasteiger partial charge is 0.347 e. The molecule has 0 spiro atoms. The molecule has 0 saturated carbocycles. The van der Waals surface area contributed by atoms with E-state index in [9.17, 15) is 14.9 Å². The second kappa shape index (κ2) is 3.52. The fourth-order valence-corrected chi connectivity index (χ4v) is 1.22. The van der Waals surface area contributed by atoms with Crippen molar-refractivity contribution < 1.29 is 9.72 Å². The SMILES string of the molecule is O=CNc1ccc([N+](=O)[O-])c(N2CC2)n1. The van der Waals surface area contributed by atoms with Crippen LogP contribution in [0.3, 0.4) is 0 Å². The van der Waals surface area contributed by atoms with Gasteiger partial charge in [0, 0.05) is 19.2 Å². The first-order valence-corrected chi connectivity index (χ1v) is 4.33. The van der Waals surface area contributed by atoms with Crippen molar-refractivity contribution in [2.75, 3.05) is 23.3 Å². The van der Waals surface area contributed by atoms with Crippen LogP contribution in [-0.4, -0.2) is 29.4 Å². The van der Waals surface area contributed by atoms with Crippen molar-refractivity contribution in [1.29, 1.82) is 0 Å². The molecule has 0 aliphatic carbocycles. The van der Waals surface area contributed by atoms with Gasteiger partial charge in [0.05, 0.1) is 4.92 Å². The summed E-state index contributed by atoms with van der Waals surface area (Å²) in [5.41, 5.74) is -0.0380. The summed E-state index contributed by atoms with van der Waals surface area (Å²) < 4.78 is 0. The highest BCUT2D eigenvalue weighted by Gasteiger charge is 2.28. The van der Waals surface area contributed by atoms with Gasteiger partial charge in [0.1, 0.15) is 5.82 Å². The van der Waals surface area contributed by atoms with Crippen molar-refractivity contribution in [3.05, 3.63) is 22.2 Å². The first-order valence-electron chi connectivity index (χ1n) is 4.33. The Morgan fingerprint density at radius 3 is 2.80 bits per heavy atom. The fraction of sp³-hybridized carbons (Fsp3) is 0.250. The Morgan fingerprint density at radius 2 is 2.27 bits per heavy atom. The lowest BCUT2D eigenvalue weighted by molar-refractivity contribution is -0.384. The molecule has 1 fully saturated rings. The Kier molecular flexibility index (Phi) is 2.20. The van der Waals surface area contributed by atoms with E-state index >= 15 is 0 Å². The summed E-state index contributed by atoms with van der Waals surface area (Å²) in [5, 5.41) is 13.0. The summed E-state index contributed by atoms with van der Waals surface area (Å²) in [6, 6.07) is 2.74. The number of nitro groups is 1. The zero-order valence-corrected chi connectivity index (χ0v) is 7.71. The normalized spacial score (nSPS) is 13.5. The Bertz CT molecular complexity index is 416. The minimum atomic E-state index is -0.481. The molecule has 0 atom stereocenters. The van der Waals surface area contributed by atoms with Gasteiger partial charge in [0.2, 0.25) is 12.2 Å². The molecule has 1 aromatic heterocycles. The number of hydrogen-bond acceptors (Lipinski definition) is 5. The average Bonchev–Trinajstić information content (AvgIpc) is 3.01. The summed E-state index contributed by atoms with van der Waals surface area (Å²) in [4.78, 5) is 26.1. The van der Waals surface area contributed by atoms with Crippen LogP contribution in [0.2, 0.25) is 0 Å². The molecule has 1 aromatic rings. The quantitative estimate of drug-likeness (QED) is 0.334. The molecule has 0 unspecified atom stereocenters. The molecule has 0 radical (unpaired) electrons. The molecule has 1 aliphatic rings. The Hall–Kier alpha value is -2.18. The molecule has 0 aromatic carbocycles. The summed E-state index contributed by atoms with van der Waals surface area (Å²) >= 11 is 0. The molecule has 78 valence electrons. The van der Waals surface area contributed by atoms with E-state index in [2.05, 4.69) is 10.3 Å². The van der Waals surface area contributed by atoms with Gasteiger partial charge in [0.15, 0.2) is 0 Å². The lowest BCUT2D eigenvalue weighted by Crippen LogP contribution is -2.04. The van der Waals surface area contributed by atoms with E-state index in [0.29, 0.717) is 18.0 Å². The maximum absolute atomic E-state index is 10.7. The van der Waals surface area contributed by atoms with E-state index in [4.69, 9.17) is 0 Å². The van der Waals surface area contributed by atoms with Crippen LogP contribution >= 0.6 is 0 Å². The molecule has 15 heavy (non-hydrogen) atoms. The van der Waals surface area contributed by atoms with Crippen molar-refractivity contribution in [2.24, 2.45) is 0 Å². The minimum absolute atomic E-state index is 0.0380. The zero-order valence-electron chi connectivity index (χ0n) is 7.71. The van der Waals surface area contributed by atoms with Crippen LogP contribution in [0.5, 0.6) is 0 Å². The second-order valence-electron chi connectivity index (χ2n) is 3.05. The van der Waals surface area contributed by atoms with Gasteiger partial charge in [-0.15, -0.1) is 0 Å². The minimum Gasteiger partial charge on any atom is -0.347 e. The summed E-state index contributed by atoms with van der Waals surface area (Å²) in [5.74, 6) is 0.629. The third-order valence-corrected chi connectivity index (χ3v) is 2.00. The van der Waals surface area contributed by atoms with E-state index in [1.807, 2.05) is 0 Å². The Morgan fingerprint density at radius 1 is 1.53 bits per heavy atom. The molecule has 1 aliphatic heterocycles. The highest BCUT2D eigenvalue weighted by atomic mass is 16.6. The number of anilines is 2. The lowest BCUT2D eigenvalue weighted by Gasteiger charge is -2.04. The number of carbonyl (C=O) groups is 1.